The molecule has 1 saturated carbocycles. The molecular weight excluding hydrogens is 374 g/mol. The third-order valence-corrected chi connectivity index (χ3v) is 6.55. The molecule has 1 aliphatic heterocycles. The monoisotopic (exact) mass is 399 g/mol. The second kappa shape index (κ2) is 7.90. The molecule has 30 heavy (non-hydrogen) atoms. The molecule has 0 spiro atoms. The van der Waals surface area contributed by atoms with Crippen LogP contribution in [-0.2, 0) is 9.59 Å². The number of allylic oxidation sites excluding steroid dienone is 1. The van der Waals surface area contributed by atoms with Crippen molar-refractivity contribution in [1.29, 1.82) is 0 Å². The summed E-state index contributed by atoms with van der Waals surface area (Å²) in [6.45, 7) is 0. The molecule has 1 saturated heterocycles. The fourth-order valence-corrected chi connectivity index (χ4v) is 5.19. The van der Waals surface area contributed by atoms with Crippen LogP contribution in [0.15, 0.2) is 60.7 Å². The van der Waals surface area contributed by atoms with E-state index in [9.17, 15) is 9.59 Å². The van der Waals surface area contributed by atoms with Gasteiger partial charge < -0.3 is 10.3 Å². The van der Waals surface area contributed by atoms with Crippen LogP contribution in [0.25, 0.3) is 17.1 Å². The van der Waals surface area contributed by atoms with Gasteiger partial charge in [-0.05, 0) is 48.6 Å². The number of carbonyl (C=O) groups is 2. The quantitative estimate of drug-likeness (QED) is 0.509. The Morgan fingerprint density at radius 2 is 1.77 bits per heavy atom. The first kappa shape index (κ1) is 18.8. The van der Waals surface area contributed by atoms with Crippen molar-refractivity contribution in [3.05, 3.63) is 72.1 Å². The fraction of sp³-hybridized carbons (Fsp3) is 0.320. The number of hydrogen-bond acceptors (Lipinski definition) is 3. The highest BCUT2D eigenvalue weighted by molar-refractivity contribution is 6.09. The van der Waals surface area contributed by atoms with Crippen molar-refractivity contribution >= 4 is 28.8 Å². The maximum absolute atomic E-state index is 13.3. The molecule has 0 bridgehead atoms. The van der Waals surface area contributed by atoms with Gasteiger partial charge in [-0.3, -0.25) is 9.59 Å². The predicted molar refractivity (Wildman–Crippen MR) is 117 cm³/mol. The molecule has 5 nitrogen and oxygen atoms in total. The molecule has 5 heteroatoms. The van der Waals surface area contributed by atoms with E-state index >= 15 is 0 Å². The summed E-state index contributed by atoms with van der Waals surface area (Å²) in [6, 6.07) is 18.0. The Balaban J connectivity index is 1.46. The third kappa shape index (κ3) is 3.45. The molecule has 1 amide bonds. The highest BCUT2D eigenvalue weighted by Crippen LogP contribution is 2.44. The number of hydrogen-bond donors (Lipinski definition) is 2. The minimum absolute atomic E-state index is 0.0851. The summed E-state index contributed by atoms with van der Waals surface area (Å²) in [5.74, 6) is -0.178. The second-order valence-electron chi connectivity index (χ2n) is 8.35. The maximum Gasteiger partial charge on any atom is 0.231 e. The minimum Gasteiger partial charge on any atom is -0.352 e. The van der Waals surface area contributed by atoms with Gasteiger partial charge in [0.25, 0.3) is 0 Å². The van der Waals surface area contributed by atoms with Crippen LogP contribution < -0.4 is 5.32 Å². The SMILES string of the molecule is O=C(/C=C/c1nc2ccccc2[nH]1)C1C(=O)NC2CCCCC2C1c1ccccc1. The molecule has 3 aromatic rings. The van der Waals surface area contributed by atoms with E-state index in [-0.39, 0.29) is 23.7 Å². The van der Waals surface area contributed by atoms with Gasteiger partial charge in [-0.15, -0.1) is 0 Å². The first-order valence-corrected chi connectivity index (χ1v) is 10.7. The van der Waals surface area contributed by atoms with E-state index in [1.165, 1.54) is 6.08 Å². The van der Waals surface area contributed by atoms with Crippen molar-refractivity contribution in [2.75, 3.05) is 0 Å². The largest absolute Gasteiger partial charge is 0.352 e. The van der Waals surface area contributed by atoms with Crippen molar-refractivity contribution in [2.45, 2.75) is 37.6 Å². The highest BCUT2D eigenvalue weighted by atomic mass is 16.2. The van der Waals surface area contributed by atoms with Crippen LogP contribution in [0.2, 0.25) is 0 Å². The zero-order valence-electron chi connectivity index (χ0n) is 16.8. The Kier molecular flexibility index (Phi) is 4.95. The molecule has 4 unspecified atom stereocenters. The van der Waals surface area contributed by atoms with Crippen molar-refractivity contribution < 1.29 is 9.59 Å². The van der Waals surface area contributed by atoms with E-state index in [1.807, 2.05) is 42.5 Å². The van der Waals surface area contributed by atoms with Crippen LogP contribution >= 0.6 is 0 Å². The van der Waals surface area contributed by atoms with Crippen molar-refractivity contribution in [2.24, 2.45) is 11.8 Å². The number of rotatable bonds is 4. The molecule has 152 valence electrons. The number of imidazole rings is 1. The Hall–Kier alpha value is -3.21. The van der Waals surface area contributed by atoms with Gasteiger partial charge in [0.2, 0.25) is 5.91 Å². The van der Waals surface area contributed by atoms with Crippen LogP contribution in [0.5, 0.6) is 0 Å². The van der Waals surface area contributed by atoms with Crippen LogP contribution in [0, 0.1) is 11.8 Å². The molecule has 1 aliphatic carbocycles. The van der Waals surface area contributed by atoms with Crippen molar-refractivity contribution in [1.82, 2.24) is 15.3 Å². The molecule has 1 aromatic heterocycles. The number of carbonyl (C=O) groups excluding carboxylic acids is 2. The van der Waals surface area contributed by atoms with Gasteiger partial charge in [0.15, 0.2) is 5.78 Å². The molecule has 2 fully saturated rings. The van der Waals surface area contributed by atoms with E-state index < -0.39 is 5.92 Å². The Labute approximate surface area is 175 Å². The number of H-pyrrole nitrogens is 1. The summed E-state index contributed by atoms with van der Waals surface area (Å²) in [5, 5.41) is 3.15. The van der Waals surface area contributed by atoms with Gasteiger partial charge in [-0.1, -0.05) is 55.3 Å². The summed E-state index contributed by atoms with van der Waals surface area (Å²) in [4.78, 5) is 34.0. The Bertz CT molecular complexity index is 1070. The molecule has 2 N–H and O–H groups in total. The number of nitrogens with zero attached hydrogens (tertiary/aromatic N) is 1. The lowest BCUT2D eigenvalue weighted by molar-refractivity contribution is -0.137. The molecule has 2 heterocycles. The summed E-state index contributed by atoms with van der Waals surface area (Å²) < 4.78 is 0. The van der Waals surface area contributed by atoms with Gasteiger partial charge in [0.05, 0.1) is 11.0 Å². The van der Waals surface area contributed by atoms with Crippen molar-refractivity contribution in [3.63, 3.8) is 0 Å². The van der Waals surface area contributed by atoms with E-state index in [1.54, 1.807) is 6.08 Å². The lowest BCUT2D eigenvalue weighted by atomic mass is 9.65. The summed E-state index contributed by atoms with van der Waals surface area (Å²) in [6.07, 6.45) is 7.52. The molecular formula is C25H25N3O2. The van der Waals surface area contributed by atoms with Gasteiger partial charge in [-0.2, -0.15) is 0 Å². The number of nitrogens with one attached hydrogen (secondary N) is 2. The first-order valence-electron chi connectivity index (χ1n) is 10.7. The molecule has 0 radical (unpaired) electrons. The minimum atomic E-state index is -0.702. The van der Waals surface area contributed by atoms with Gasteiger partial charge in [0, 0.05) is 12.0 Å². The smallest absolute Gasteiger partial charge is 0.231 e. The highest BCUT2D eigenvalue weighted by Gasteiger charge is 2.47. The van der Waals surface area contributed by atoms with Crippen molar-refractivity contribution in [3.8, 4) is 0 Å². The van der Waals surface area contributed by atoms with Crippen LogP contribution in [-0.4, -0.2) is 27.7 Å². The number of benzene rings is 2. The van der Waals surface area contributed by atoms with Crippen LogP contribution in [0.1, 0.15) is 43.0 Å². The van der Waals surface area contributed by atoms with Gasteiger partial charge in [0.1, 0.15) is 11.7 Å². The van der Waals surface area contributed by atoms with E-state index in [0.717, 1.165) is 42.3 Å². The maximum atomic E-state index is 13.3. The topological polar surface area (TPSA) is 74.8 Å². The third-order valence-electron chi connectivity index (χ3n) is 6.55. The average molecular weight is 399 g/mol. The summed E-state index contributed by atoms with van der Waals surface area (Å²) in [7, 11) is 0. The summed E-state index contributed by atoms with van der Waals surface area (Å²) in [5.41, 5.74) is 2.86. The molecule has 5 rings (SSSR count). The number of amides is 1. The van der Waals surface area contributed by atoms with E-state index in [0.29, 0.717) is 11.7 Å². The van der Waals surface area contributed by atoms with E-state index in [4.69, 9.17) is 0 Å². The number of aromatic amines is 1. The standard InChI is InChI=1S/C25H25N3O2/c29-21(14-15-22-26-19-12-6-7-13-20(19)27-22)24-23(16-8-2-1-3-9-16)17-10-4-5-11-18(17)28-25(24)30/h1-3,6-9,12-15,17-18,23-24H,4-5,10-11H2,(H,26,27)(H,28,30)/b15-14+. The molecule has 2 aliphatic rings. The number of ketones is 1. The normalized spacial score (nSPS) is 26.5. The first-order chi connectivity index (χ1) is 14.7. The van der Waals surface area contributed by atoms with Gasteiger partial charge >= 0.3 is 0 Å². The molecule has 2 aromatic carbocycles. The zero-order chi connectivity index (χ0) is 20.5. The zero-order valence-corrected chi connectivity index (χ0v) is 16.8. The number of fused-ring (bicyclic) bond motifs is 2. The number of piperidine rings is 1. The van der Waals surface area contributed by atoms with Crippen LogP contribution in [0.4, 0.5) is 0 Å². The lowest BCUT2D eigenvalue weighted by Gasteiger charge is -2.45. The lowest BCUT2D eigenvalue weighted by Crippen LogP contribution is -2.56. The summed E-state index contributed by atoms with van der Waals surface area (Å²) >= 11 is 0. The Morgan fingerprint density at radius 3 is 2.60 bits per heavy atom. The molecule has 4 atom stereocenters. The number of para-hydroxylation sites is 2. The Morgan fingerprint density at radius 1 is 1.00 bits per heavy atom. The average Bonchev–Trinajstić information content (AvgIpc) is 3.20. The fourth-order valence-electron chi connectivity index (χ4n) is 5.19. The van der Waals surface area contributed by atoms with E-state index in [2.05, 4.69) is 27.4 Å². The van der Waals surface area contributed by atoms with Crippen LogP contribution in [0.3, 0.4) is 0 Å². The predicted octanol–water partition coefficient (Wildman–Crippen LogP) is 4.23. The number of aromatic nitrogens is 2. The van der Waals surface area contributed by atoms with Gasteiger partial charge in [-0.25, -0.2) is 4.98 Å². The second-order valence-corrected chi connectivity index (χ2v) is 8.35.